The maximum absolute atomic E-state index is 13.6. The smallest absolute Gasteiger partial charge is 0.262 e. The maximum Gasteiger partial charge on any atom is 0.262 e. The summed E-state index contributed by atoms with van der Waals surface area (Å²) in [5.74, 6) is -0.677. The molecule has 12 rings (SSSR count). The van der Waals surface area contributed by atoms with Crippen molar-refractivity contribution < 1.29 is 28.5 Å². The van der Waals surface area contributed by atoms with Gasteiger partial charge in [-0.15, -0.1) is 0 Å². The van der Waals surface area contributed by atoms with Gasteiger partial charge in [-0.3, -0.25) is 48.9 Å². The maximum atomic E-state index is 13.6. The van der Waals surface area contributed by atoms with E-state index in [0.29, 0.717) is 67.9 Å². The minimum atomic E-state index is -2.84. The fraction of sp³-hybridized carbons (Fsp3) is 0.436. The zero-order chi connectivity index (χ0) is 53.3. The Morgan fingerprint density at radius 3 is 2.21 bits per heavy atom. The Morgan fingerprint density at radius 2 is 1.49 bits per heavy atom. The summed E-state index contributed by atoms with van der Waals surface area (Å²) >= 11 is 6.69. The number of hydrogen-bond acceptors (Lipinski definition) is 17. The Bertz CT molecular complexity index is 3390. The molecule has 1 atom stereocenters. The predicted molar refractivity (Wildman–Crippen MR) is 296 cm³/mol. The van der Waals surface area contributed by atoms with Crippen molar-refractivity contribution >= 4 is 93.2 Å². The van der Waals surface area contributed by atoms with Crippen molar-refractivity contribution in [2.75, 3.05) is 93.2 Å². The number of carbonyl (C=O) groups is 4. The number of amides is 4. The summed E-state index contributed by atoms with van der Waals surface area (Å²) in [6, 6.07) is 13.4. The van der Waals surface area contributed by atoms with Crippen LogP contribution in [0.25, 0.3) is 22.2 Å². The molecule has 0 saturated carbocycles. The van der Waals surface area contributed by atoms with Crippen LogP contribution in [-0.2, 0) is 21.2 Å². The molecule has 0 aliphatic carbocycles. The summed E-state index contributed by atoms with van der Waals surface area (Å²) in [5, 5.41) is 14.4. The zero-order valence-corrected chi connectivity index (χ0v) is 45.3. The second-order valence-electron chi connectivity index (χ2n) is 21.9. The number of aromatic nitrogens is 6. The van der Waals surface area contributed by atoms with E-state index in [2.05, 4.69) is 67.7 Å². The summed E-state index contributed by atoms with van der Waals surface area (Å²) in [5.41, 5.74) is 7.36. The number of aryl methyl sites for hydroxylation is 1. The summed E-state index contributed by atoms with van der Waals surface area (Å²) in [6.45, 7) is 11.4. The van der Waals surface area contributed by atoms with Gasteiger partial charge in [0.25, 0.3) is 11.8 Å². The Kier molecular flexibility index (Phi) is 13.3. The lowest BCUT2D eigenvalue weighted by Crippen LogP contribution is -2.64. The number of piperidine rings is 4. The van der Waals surface area contributed by atoms with E-state index in [-0.39, 0.29) is 29.7 Å². The van der Waals surface area contributed by atoms with Gasteiger partial charge in [-0.1, -0.05) is 11.6 Å². The molecule has 1 unspecified atom stereocenters. The molecule has 5 fully saturated rings. The van der Waals surface area contributed by atoms with E-state index in [9.17, 15) is 23.7 Å². The molecule has 0 bridgehead atoms. The number of fused-ring (bicyclic) bond motifs is 2. The van der Waals surface area contributed by atoms with E-state index in [1.807, 2.05) is 48.4 Å². The molecular formula is C55H62ClN14O6P. The van der Waals surface area contributed by atoms with E-state index in [1.54, 1.807) is 38.9 Å². The molecule has 3 aromatic heterocycles. The molecule has 5 saturated heterocycles. The summed E-state index contributed by atoms with van der Waals surface area (Å²) in [6.07, 6.45) is 15.5. The SMILES string of the molecule is COc1cc(N2CCC(N3CCC(N4CC5(CCN(c6ccc7c(c6)C(=O)N(C6CCC(=O)NC6=O)C7=O)CC5)C4)CC3)CC2)c(-c2cnn(C)c2)cc1Nc1ncc(Cl)c(Nc2ccc3nccnc3c2P(C)(C)=O)n1. The minimum Gasteiger partial charge on any atom is -0.494 e. The van der Waals surface area contributed by atoms with Crippen molar-refractivity contribution in [3.63, 3.8) is 0 Å². The van der Waals surface area contributed by atoms with Crippen molar-refractivity contribution in [1.82, 2.24) is 49.7 Å². The quantitative estimate of drug-likeness (QED) is 0.0863. The molecule has 3 N–H and O–H groups in total. The molecule has 22 heteroatoms. The van der Waals surface area contributed by atoms with Gasteiger partial charge in [0.1, 0.15) is 29.5 Å². The number of benzene rings is 3. The predicted octanol–water partition coefficient (Wildman–Crippen LogP) is 6.65. The average molecular weight is 1080 g/mol. The van der Waals surface area contributed by atoms with Crippen LogP contribution in [0.2, 0.25) is 5.02 Å². The van der Waals surface area contributed by atoms with Crippen LogP contribution in [0.5, 0.6) is 5.75 Å². The summed E-state index contributed by atoms with van der Waals surface area (Å²) in [4.78, 5) is 80.6. The van der Waals surface area contributed by atoms with Gasteiger partial charge < -0.3 is 34.6 Å². The number of carbonyl (C=O) groups excluding carboxylic acids is 4. The van der Waals surface area contributed by atoms with Crippen LogP contribution < -0.4 is 35.8 Å². The van der Waals surface area contributed by atoms with Gasteiger partial charge in [0.05, 0.1) is 52.8 Å². The number of likely N-dealkylation sites (tertiary alicyclic amines) is 2. The van der Waals surface area contributed by atoms with Crippen LogP contribution in [0.1, 0.15) is 72.1 Å². The summed E-state index contributed by atoms with van der Waals surface area (Å²) in [7, 11) is 0.741. The van der Waals surface area contributed by atoms with Gasteiger partial charge in [-0.2, -0.15) is 10.1 Å². The number of ether oxygens (including phenoxy) is 1. The lowest BCUT2D eigenvalue weighted by molar-refractivity contribution is -0.136. The molecule has 400 valence electrons. The van der Waals surface area contributed by atoms with Crippen LogP contribution in [-0.4, -0.2) is 159 Å². The first kappa shape index (κ1) is 50.8. The molecule has 20 nitrogen and oxygen atoms in total. The van der Waals surface area contributed by atoms with E-state index in [0.717, 1.165) is 105 Å². The van der Waals surface area contributed by atoms with E-state index >= 15 is 0 Å². The number of rotatable bonds is 12. The highest BCUT2D eigenvalue weighted by Crippen LogP contribution is 2.46. The Labute approximate surface area is 451 Å². The molecule has 9 heterocycles. The Morgan fingerprint density at radius 1 is 0.766 bits per heavy atom. The van der Waals surface area contributed by atoms with Crippen molar-refractivity contribution in [3.8, 4) is 16.9 Å². The number of hydrogen-bond donors (Lipinski definition) is 3. The zero-order valence-electron chi connectivity index (χ0n) is 43.7. The molecule has 6 aromatic rings. The molecule has 3 aromatic carbocycles. The largest absolute Gasteiger partial charge is 0.494 e. The van der Waals surface area contributed by atoms with Crippen molar-refractivity contribution in [2.24, 2.45) is 12.5 Å². The third-order valence-corrected chi connectivity index (χ3v) is 18.6. The van der Waals surface area contributed by atoms with Gasteiger partial charge in [-0.25, -0.2) is 4.98 Å². The second-order valence-corrected chi connectivity index (χ2v) is 25.5. The Balaban J connectivity index is 0.655. The topological polar surface area (TPSA) is 216 Å². The monoisotopic (exact) mass is 1080 g/mol. The highest BCUT2D eigenvalue weighted by Gasteiger charge is 2.49. The molecule has 6 aliphatic heterocycles. The number of halogens is 1. The van der Waals surface area contributed by atoms with E-state index < -0.39 is 30.9 Å². The van der Waals surface area contributed by atoms with Gasteiger partial charge in [0, 0.05) is 112 Å². The van der Waals surface area contributed by atoms with Crippen molar-refractivity contribution in [1.29, 1.82) is 0 Å². The highest BCUT2D eigenvalue weighted by atomic mass is 35.5. The first-order valence-corrected chi connectivity index (χ1v) is 29.5. The van der Waals surface area contributed by atoms with Gasteiger partial charge in [-0.05, 0) is 113 Å². The van der Waals surface area contributed by atoms with Crippen LogP contribution in [0, 0.1) is 5.41 Å². The van der Waals surface area contributed by atoms with E-state index in [4.69, 9.17) is 21.3 Å². The van der Waals surface area contributed by atoms with Gasteiger partial charge >= 0.3 is 0 Å². The molecule has 4 amide bonds. The number of methoxy groups -OCH3 is 1. The van der Waals surface area contributed by atoms with Crippen molar-refractivity contribution in [3.05, 3.63) is 89.6 Å². The number of nitrogens with zero attached hydrogens (tertiary/aromatic N) is 11. The van der Waals surface area contributed by atoms with E-state index in [1.165, 1.54) is 19.0 Å². The van der Waals surface area contributed by atoms with Gasteiger partial charge in [0.15, 0.2) is 5.82 Å². The fourth-order valence-electron chi connectivity index (χ4n) is 12.7. The van der Waals surface area contributed by atoms with Crippen LogP contribution in [0.15, 0.2) is 73.4 Å². The fourth-order valence-corrected chi connectivity index (χ4v) is 14.2. The molecular weight excluding hydrogens is 1020 g/mol. The van der Waals surface area contributed by atoms with Crippen LogP contribution in [0.3, 0.4) is 0 Å². The van der Waals surface area contributed by atoms with Gasteiger partial charge in [0.2, 0.25) is 17.8 Å². The average Bonchev–Trinajstić information content (AvgIpc) is 4.10. The molecule has 1 spiro atoms. The minimum absolute atomic E-state index is 0.0951. The molecule has 6 aliphatic rings. The van der Waals surface area contributed by atoms with Crippen molar-refractivity contribution in [2.45, 2.75) is 69.5 Å². The lowest BCUT2D eigenvalue weighted by Gasteiger charge is -2.58. The number of anilines is 6. The van der Waals surface area contributed by atoms with Crippen LogP contribution >= 0.6 is 18.7 Å². The first-order chi connectivity index (χ1) is 37.1. The number of nitrogens with one attached hydrogen (secondary N) is 3. The normalized spacial score (nSPS) is 20.7. The summed E-state index contributed by atoms with van der Waals surface area (Å²) < 4.78 is 21.5. The molecule has 0 radical (unpaired) electrons. The standard InChI is InChI=1S/C55H62ClN14O6P/c1-65-30-33(28-60-65)38-26-43(62-54-59-29-40(56)50(64-54)61-42-8-7-41-48(58-18-17-57-41)49(42)77(3,4)75)46(76-2)27-45(38)68-21-13-34(14-22-68)66-19-11-35(12-20-66)69-31-55(32-69)15-23-67(24-16-55)36-5-6-37-39(25-36)53(74)70(52(37)73)44-9-10-47(71)63-51(44)72/h5-8,17-18,25-30,34-35,44H,9-16,19-24,31-32H2,1-4H3,(H,63,71,72)(H2,59,61,62,64). The lowest BCUT2D eigenvalue weighted by atomic mass is 9.70. The number of imide groups is 2. The highest BCUT2D eigenvalue weighted by molar-refractivity contribution is 7.71. The second kappa shape index (κ2) is 20.1. The van der Waals surface area contributed by atoms with Crippen LogP contribution in [0.4, 0.5) is 34.5 Å². The third-order valence-electron chi connectivity index (χ3n) is 16.8. The third kappa shape index (κ3) is 9.67. The first-order valence-electron chi connectivity index (χ1n) is 26.5. The molecule has 77 heavy (non-hydrogen) atoms. The Hall–Kier alpha value is -6.99.